The highest BCUT2D eigenvalue weighted by atomic mass is 32.2. The number of carbonyl (C=O) groups excluding carboxylic acids is 1. The molecule has 0 aliphatic carbocycles. The highest BCUT2D eigenvalue weighted by Crippen LogP contribution is 2.18. The van der Waals surface area contributed by atoms with Crippen molar-refractivity contribution in [2.75, 3.05) is 30.4 Å². The molecule has 1 aliphatic heterocycles. The van der Waals surface area contributed by atoms with Crippen LogP contribution in [0.25, 0.3) is 0 Å². The Morgan fingerprint density at radius 3 is 2.82 bits per heavy atom. The fourth-order valence-electron chi connectivity index (χ4n) is 2.29. The molecular formula is C14H22N4O3S. The van der Waals surface area contributed by atoms with Gasteiger partial charge in [-0.05, 0) is 18.4 Å². The molecule has 2 heterocycles. The predicted molar refractivity (Wildman–Crippen MR) is 84.5 cm³/mol. The quantitative estimate of drug-likeness (QED) is 0.860. The minimum atomic E-state index is -3.02. The first-order valence-electron chi connectivity index (χ1n) is 7.33. The van der Waals surface area contributed by atoms with E-state index in [-0.39, 0.29) is 29.1 Å². The largest absolute Gasteiger partial charge is 0.354 e. The Morgan fingerprint density at radius 2 is 2.23 bits per heavy atom. The van der Waals surface area contributed by atoms with Crippen LogP contribution in [0.2, 0.25) is 0 Å². The van der Waals surface area contributed by atoms with Crippen molar-refractivity contribution in [3.63, 3.8) is 0 Å². The van der Waals surface area contributed by atoms with Gasteiger partial charge < -0.3 is 10.2 Å². The van der Waals surface area contributed by atoms with E-state index in [1.807, 2.05) is 0 Å². The Morgan fingerprint density at radius 1 is 1.50 bits per heavy atom. The molecule has 1 N–H and O–H groups in total. The van der Waals surface area contributed by atoms with E-state index >= 15 is 0 Å². The molecule has 0 bridgehead atoms. The smallest absolute Gasteiger partial charge is 0.272 e. The van der Waals surface area contributed by atoms with E-state index in [0.29, 0.717) is 24.8 Å². The van der Waals surface area contributed by atoms with Crippen LogP contribution in [0.1, 0.15) is 30.8 Å². The average molecular weight is 326 g/mol. The normalized spacial score (nSPS) is 20.1. The maximum Gasteiger partial charge on any atom is 0.272 e. The van der Waals surface area contributed by atoms with Gasteiger partial charge in [-0.15, -0.1) is 0 Å². The molecule has 1 saturated heterocycles. The lowest BCUT2D eigenvalue weighted by Crippen LogP contribution is -2.38. The average Bonchev–Trinajstić information content (AvgIpc) is 2.84. The molecule has 1 atom stereocenters. The second kappa shape index (κ2) is 6.60. The van der Waals surface area contributed by atoms with Crippen LogP contribution >= 0.6 is 0 Å². The van der Waals surface area contributed by atoms with Crippen molar-refractivity contribution >= 4 is 21.7 Å². The Bertz CT molecular complexity index is 645. The van der Waals surface area contributed by atoms with Gasteiger partial charge in [-0.3, -0.25) is 4.79 Å². The number of carbonyl (C=O) groups is 1. The van der Waals surface area contributed by atoms with E-state index in [9.17, 15) is 13.2 Å². The maximum atomic E-state index is 12.4. The van der Waals surface area contributed by atoms with Crippen molar-refractivity contribution in [2.45, 2.75) is 26.3 Å². The topological polar surface area (TPSA) is 92.3 Å². The van der Waals surface area contributed by atoms with Crippen LogP contribution in [-0.2, 0) is 9.84 Å². The van der Waals surface area contributed by atoms with Crippen LogP contribution in [-0.4, -0.2) is 60.3 Å². The summed E-state index contributed by atoms with van der Waals surface area (Å²) in [5, 5.41) is 3.07. The van der Waals surface area contributed by atoms with E-state index in [0.717, 1.165) is 0 Å². The van der Waals surface area contributed by atoms with Gasteiger partial charge in [0.2, 0.25) is 5.95 Å². The van der Waals surface area contributed by atoms with Crippen molar-refractivity contribution < 1.29 is 13.2 Å². The lowest BCUT2D eigenvalue weighted by molar-refractivity contribution is 0.0741. The molecule has 122 valence electrons. The molecule has 7 nitrogen and oxygen atoms in total. The molecule has 1 fully saturated rings. The van der Waals surface area contributed by atoms with Gasteiger partial charge in [0.05, 0.1) is 11.5 Å². The highest BCUT2D eigenvalue weighted by Gasteiger charge is 2.33. The summed E-state index contributed by atoms with van der Waals surface area (Å²) in [4.78, 5) is 22.2. The summed E-state index contributed by atoms with van der Waals surface area (Å²) in [6, 6.07) is 1.27. The molecule has 1 aromatic rings. The van der Waals surface area contributed by atoms with Gasteiger partial charge in [0.25, 0.3) is 5.91 Å². The second-order valence-electron chi connectivity index (χ2n) is 6.01. The molecule has 8 heteroatoms. The second-order valence-corrected chi connectivity index (χ2v) is 8.24. The first kappa shape index (κ1) is 16.7. The maximum absolute atomic E-state index is 12.4. The molecule has 1 aromatic heterocycles. The third kappa shape index (κ3) is 4.16. The van der Waals surface area contributed by atoms with Crippen molar-refractivity contribution in [3.05, 3.63) is 18.0 Å². The van der Waals surface area contributed by atoms with Gasteiger partial charge in [-0.25, -0.2) is 18.4 Å². The van der Waals surface area contributed by atoms with Crippen LogP contribution in [0, 0.1) is 5.92 Å². The molecule has 2 rings (SSSR count). The Hall–Kier alpha value is -1.70. The molecule has 22 heavy (non-hydrogen) atoms. The lowest BCUT2D eigenvalue weighted by Gasteiger charge is -2.23. The number of anilines is 1. The van der Waals surface area contributed by atoms with Crippen LogP contribution in [0.5, 0.6) is 0 Å². The van der Waals surface area contributed by atoms with E-state index in [1.165, 1.54) is 11.1 Å². The van der Waals surface area contributed by atoms with Crippen LogP contribution in [0.3, 0.4) is 0 Å². The van der Waals surface area contributed by atoms with Gasteiger partial charge in [-0.2, -0.15) is 0 Å². The number of hydrogen-bond acceptors (Lipinski definition) is 6. The monoisotopic (exact) mass is 326 g/mol. The zero-order valence-corrected chi connectivity index (χ0v) is 13.9. The summed E-state index contributed by atoms with van der Waals surface area (Å²) in [6.07, 6.45) is 2.01. The molecule has 0 radical (unpaired) electrons. The minimum absolute atomic E-state index is 0.0266. The Labute approximate surface area is 131 Å². The number of rotatable bonds is 5. The SMILES string of the molecule is CC(C)CNc1nccc(C(=O)N(C)C2CCS(=O)(=O)C2)n1. The Balaban J connectivity index is 2.07. The van der Waals surface area contributed by atoms with Gasteiger partial charge >= 0.3 is 0 Å². The van der Waals surface area contributed by atoms with E-state index < -0.39 is 9.84 Å². The van der Waals surface area contributed by atoms with Gasteiger partial charge in [-0.1, -0.05) is 13.8 Å². The standard InChI is InChI=1S/C14H22N4O3S/c1-10(2)8-16-14-15-6-4-12(17-14)13(19)18(3)11-5-7-22(20,21)9-11/h4,6,10-11H,5,7-9H2,1-3H3,(H,15,16,17). The number of aromatic nitrogens is 2. The summed E-state index contributed by atoms with van der Waals surface area (Å²) >= 11 is 0. The van der Waals surface area contributed by atoms with Crippen molar-refractivity contribution in [2.24, 2.45) is 5.92 Å². The van der Waals surface area contributed by atoms with Gasteiger partial charge in [0.1, 0.15) is 5.69 Å². The minimum Gasteiger partial charge on any atom is -0.354 e. The van der Waals surface area contributed by atoms with Crippen molar-refractivity contribution in [1.82, 2.24) is 14.9 Å². The molecule has 0 spiro atoms. The van der Waals surface area contributed by atoms with E-state index in [2.05, 4.69) is 29.1 Å². The number of hydrogen-bond donors (Lipinski definition) is 1. The molecule has 1 amide bonds. The van der Waals surface area contributed by atoms with Gasteiger partial charge in [0, 0.05) is 25.8 Å². The molecule has 0 saturated carbocycles. The fourth-order valence-corrected chi connectivity index (χ4v) is 4.06. The summed E-state index contributed by atoms with van der Waals surface area (Å²) in [7, 11) is -1.40. The zero-order chi connectivity index (χ0) is 16.3. The Kier molecular flexibility index (Phi) is 5.00. The summed E-state index contributed by atoms with van der Waals surface area (Å²) in [6.45, 7) is 4.85. The fraction of sp³-hybridized carbons (Fsp3) is 0.643. The van der Waals surface area contributed by atoms with Crippen LogP contribution < -0.4 is 5.32 Å². The first-order chi connectivity index (χ1) is 10.3. The zero-order valence-electron chi connectivity index (χ0n) is 13.1. The lowest BCUT2D eigenvalue weighted by atomic mass is 10.2. The van der Waals surface area contributed by atoms with Crippen molar-refractivity contribution in [1.29, 1.82) is 0 Å². The third-order valence-electron chi connectivity index (χ3n) is 3.62. The molecule has 0 aromatic carbocycles. The summed E-state index contributed by atoms with van der Waals surface area (Å²) < 4.78 is 23.1. The summed E-state index contributed by atoms with van der Waals surface area (Å²) in [5.41, 5.74) is 0.271. The number of nitrogens with zero attached hydrogens (tertiary/aromatic N) is 3. The van der Waals surface area contributed by atoms with E-state index in [1.54, 1.807) is 13.1 Å². The summed E-state index contributed by atoms with van der Waals surface area (Å²) in [5.74, 6) is 0.734. The first-order valence-corrected chi connectivity index (χ1v) is 9.15. The van der Waals surface area contributed by atoms with Crippen LogP contribution in [0.4, 0.5) is 5.95 Å². The third-order valence-corrected chi connectivity index (χ3v) is 5.37. The van der Waals surface area contributed by atoms with Crippen LogP contribution in [0.15, 0.2) is 12.3 Å². The number of sulfone groups is 1. The van der Waals surface area contributed by atoms with Crippen molar-refractivity contribution in [3.8, 4) is 0 Å². The number of amides is 1. The highest BCUT2D eigenvalue weighted by molar-refractivity contribution is 7.91. The molecule has 1 aliphatic rings. The predicted octanol–water partition coefficient (Wildman–Crippen LogP) is 0.804. The molecular weight excluding hydrogens is 304 g/mol. The molecule has 1 unspecified atom stereocenters. The van der Waals surface area contributed by atoms with Gasteiger partial charge in [0.15, 0.2) is 9.84 Å². The van der Waals surface area contributed by atoms with E-state index in [4.69, 9.17) is 0 Å². The number of nitrogens with one attached hydrogen (secondary N) is 1.